The number of fused-ring (bicyclic) bond motifs is 1. The molecule has 0 saturated heterocycles. The summed E-state index contributed by atoms with van der Waals surface area (Å²) in [5.41, 5.74) is -0.153. The van der Waals surface area contributed by atoms with Gasteiger partial charge in [0.25, 0.3) is 5.56 Å². The predicted molar refractivity (Wildman–Crippen MR) is 112 cm³/mol. The van der Waals surface area contributed by atoms with Gasteiger partial charge in [-0.05, 0) is 36.4 Å². The van der Waals surface area contributed by atoms with Crippen molar-refractivity contribution in [1.29, 1.82) is 0 Å². The molecule has 0 aliphatic carbocycles. The summed E-state index contributed by atoms with van der Waals surface area (Å²) < 4.78 is 23.1. The molecule has 0 aliphatic rings. The first-order chi connectivity index (χ1) is 14.6. The minimum absolute atomic E-state index is 0.0422. The number of imidazole rings is 1. The van der Waals surface area contributed by atoms with E-state index in [1.54, 1.807) is 4.57 Å². The van der Waals surface area contributed by atoms with E-state index in [2.05, 4.69) is 11.6 Å². The average Bonchev–Trinajstić information content (AvgIpc) is 3.17. The van der Waals surface area contributed by atoms with Crippen LogP contribution in [-0.2, 0) is 13.1 Å². The number of aromatic nitrogens is 4. The van der Waals surface area contributed by atoms with Crippen LogP contribution < -0.4 is 16.0 Å². The van der Waals surface area contributed by atoms with Crippen LogP contribution in [0.25, 0.3) is 16.9 Å². The molecule has 4 rings (SSSR count). The summed E-state index contributed by atoms with van der Waals surface area (Å²) in [5, 5.41) is 0. The standard InChI is InChI=1S/C22H19FN4O3/c1-2-12-26-21(28)19-20(27(22(26)29)17-10-8-16(23)9-11-17)24-15-25(19)13-14-30-18-6-4-3-5-7-18/h2-11,15H,1,12-14H2. The molecule has 2 aromatic heterocycles. The zero-order chi connectivity index (χ0) is 21.1. The van der Waals surface area contributed by atoms with Crippen LogP contribution in [0.3, 0.4) is 0 Å². The van der Waals surface area contributed by atoms with E-state index in [9.17, 15) is 14.0 Å². The SMILES string of the molecule is C=CCn1c(=O)c2c(ncn2CCOc2ccccc2)n(-c2ccc(F)cc2)c1=O. The summed E-state index contributed by atoms with van der Waals surface area (Å²) in [4.78, 5) is 30.3. The summed E-state index contributed by atoms with van der Waals surface area (Å²) in [7, 11) is 0. The molecule has 0 fully saturated rings. The lowest BCUT2D eigenvalue weighted by Gasteiger charge is -2.12. The fourth-order valence-corrected chi connectivity index (χ4v) is 3.24. The molecular formula is C22H19FN4O3. The van der Waals surface area contributed by atoms with Crippen LogP contribution in [0.2, 0.25) is 0 Å². The van der Waals surface area contributed by atoms with E-state index in [1.807, 2.05) is 30.3 Å². The second-order valence-electron chi connectivity index (χ2n) is 6.57. The van der Waals surface area contributed by atoms with Crippen molar-refractivity contribution in [3.8, 4) is 11.4 Å². The molecule has 8 heteroatoms. The molecule has 0 N–H and O–H groups in total. The minimum atomic E-state index is -0.565. The van der Waals surface area contributed by atoms with E-state index in [0.29, 0.717) is 24.6 Å². The summed E-state index contributed by atoms with van der Waals surface area (Å²) in [5.74, 6) is 0.292. The van der Waals surface area contributed by atoms with Crippen LogP contribution in [0.5, 0.6) is 5.75 Å². The van der Waals surface area contributed by atoms with Gasteiger partial charge in [0.15, 0.2) is 11.2 Å². The van der Waals surface area contributed by atoms with Crippen LogP contribution in [0.1, 0.15) is 0 Å². The highest BCUT2D eigenvalue weighted by Gasteiger charge is 2.18. The van der Waals surface area contributed by atoms with Crippen molar-refractivity contribution in [3.05, 3.63) is 100 Å². The van der Waals surface area contributed by atoms with E-state index in [4.69, 9.17) is 4.74 Å². The summed E-state index contributed by atoms with van der Waals surface area (Å²) in [6.07, 6.45) is 2.97. The highest BCUT2D eigenvalue weighted by Crippen LogP contribution is 2.14. The Kier molecular flexibility index (Phi) is 5.30. The van der Waals surface area contributed by atoms with Gasteiger partial charge in [-0.25, -0.2) is 18.7 Å². The number of hydrogen-bond acceptors (Lipinski definition) is 4. The van der Waals surface area contributed by atoms with Gasteiger partial charge in [-0.2, -0.15) is 0 Å². The first-order valence-corrected chi connectivity index (χ1v) is 9.35. The van der Waals surface area contributed by atoms with Crippen LogP contribution in [0, 0.1) is 5.82 Å². The quantitative estimate of drug-likeness (QED) is 0.443. The Morgan fingerprint density at radius 1 is 1.07 bits per heavy atom. The number of benzene rings is 2. The molecule has 0 saturated carbocycles. The van der Waals surface area contributed by atoms with Crippen LogP contribution >= 0.6 is 0 Å². The van der Waals surface area contributed by atoms with Gasteiger partial charge in [0, 0.05) is 6.54 Å². The fraction of sp³-hybridized carbons (Fsp3) is 0.136. The average molecular weight is 406 g/mol. The largest absolute Gasteiger partial charge is 0.492 e. The molecule has 0 spiro atoms. The smallest absolute Gasteiger partial charge is 0.337 e. The highest BCUT2D eigenvalue weighted by molar-refractivity contribution is 5.72. The maximum absolute atomic E-state index is 13.4. The Hall–Kier alpha value is -3.94. The van der Waals surface area contributed by atoms with Gasteiger partial charge >= 0.3 is 5.69 Å². The first kappa shape index (κ1) is 19.4. The van der Waals surface area contributed by atoms with Gasteiger partial charge in [0.05, 0.1) is 18.6 Å². The minimum Gasteiger partial charge on any atom is -0.492 e. The first-order valence-electron chi connectivity index (χ1n) is 9.35. The highest BCUT2D eigenvalue weighted by atomic mass is 19.1. The van der Waals surface area contributed by atoms with E-state index in [0.717, 1.165) is 4.57 Å². The zero-order valence-corrected chi connectivity index (χ0v) is 16.1. The van der Waals surface area contributed by atoms with E-state index in [1.165, 1.54) is 41.2 Å². The topological polar surface area (TPSA) is 71.0 Å². The van der Waals surface area contributed by atoms with Crippen LogP contribution in [0.4, 0.5) is 4.39 Å². The maximum Gasteiger partial charge on any atom is 0.337 e. The molecule has 7 nitrogen and oxygen atoms in total. The second kappa shape index (κ2) is 8.20. The Morgan fingerprint density at radius 3 is 2.50 bits per heavy atom. The lowest BCUT2D eigenvalue weighted by molar-refractivity contribution is 0.300. The summed E-state index contributed by atoms with van der Waals surface area (Å²) in [6.45, 7) is 4.34. The second-order valence-corrected chi connectivity index (χ2v) is 6.57. The van der Waals surface area contributed by atoms with Gasteiger partial charge in [0.1, 0.15) is 18.2 Å². The third-order valence-electron chi connectivity index (χ3n) is 4.64. The van der Waals surface area contributed by atoms with E-state index in [-0.39, 0.29) is 17.7 Å². The van der Waals surface area contributed by atoms with Crippen molar-refractivity contribution >= 4 is 11.2 Å². The molecule has 0 amide bonds. The number of para-hydroxylation sites is 1. The number of hydrogen-bond donors (Lipinski definition) is 0. The molecule has 0 aliphatic heterocycles. The molecule has 30 heavy (non-hydrogen) atoms. The van der Waals surface area contributed by atoms with Crippen molar-refractivity contribution in [2.24, 2.45) is 0 Å². The molecule has 4 aromatic rings. The maximum atomic E-state index is 13.4. The van der Waals surface area contributed by atoms with E-state index < -0.39 is 17.1 Å². The van der Waals surface area contributed by atoms with Gasteiger partial charge < -0.3 is 9.30 Å². The van der Waals surface area contributed by atoms with Crippen molar-refractivity contribution in [2.75, 3.05) is 6.61 Å². The number of ether oxygens (including phenoxy) is 1. The third-order valence-corrected chi connectivity index (χ3v) is 4.64. The zero-order valence-electron chi connectivity index (χ0n) is 16.1. The molecule has 0 atom stereocenters. The molecule has 0 unspecified atom stereocenters. The van der Waals surface area contributed by atoms with Gasteiger partial charge in [-0.15, -0.1) is 6.58 Å². The number of halogens is 1. The van der Waals surface area contributed by atoms with Gasteiger partial charge in [-0.1, -0.05) is 24.3 Å². The Bertz CT molecular complexity index is 1300. The third kappa shape index (κ3) is 3.55. The monoisotopic (exact) mass is 406 g/mol. The summed E-state index contributed by atoms with van der Waals surface area (Å²) in [6, 6.07) is 14.8. The van der Waals surface area contributed by atoms with Crippen molar-refractivity contribution < 1.29 is 9.13 Å². The number of rotatable bonds is 7. The molecule has 152 valence electrons. The number of nitrogens with zero attached hydrogens (tertiary/aromatic N) is 4. The normalized spacial score (nSPS) is 11.0. The Morgan fingerprint density at radius 2 is 1.80 bits per heavy atom. The molecule has 0 bridgehead atoms. The van der Waals surface area contributed by atoms with Crippen LogP contribution in [-0.4, -0.2) is 25.3 Å². The summed E-state index contributed by atoms with van der Waals surface area (Å²) >= 11 is 0. The van der Waals surface area contributed by atoms with Crippen molar-refractivity contribution in [3.63, 3.8) is 0 Å². The Balaban J connectivity index is 1.80. The fourth-order valence-electron chi connectivity index (χ4n) is 3.24. The lowest BCUT2D eigenvalue weighted by atomic mass is 10.3. The van der Waals surface area contributed by atoms with E-state index >= 15 is 0 Å². The Labute approximate surface area is 170 Å². The van der Waals surface area contributed by atoms with Crippen molar-refractivity contribution in [2.45, 2.75) is 13.1 Å². The van der Waals surface area contributed by atoms with Crippen LogP contribution in [0.15, 0.2) is 83.2 Å². The number of allylic oxidation sites excluding steroid dienone is 1. The predicted octanol–water partition coefficient (Wildman–Crippen LogP) is 2.75. The van der Waals surface area contributed by atoms with Gasteiger partial charge in [0.2, 0.25) is 0 Å². The molecule has 2 aromatic carbocycles. The molecule has 0 radical (unpaired) electrons. The molecular weight excluding hydrogens is 387 g/mol. The molecule has 2 heterocycles. The van der Waals surface area contributed by atoms with Gasteiger partial charge in [-0.3, -0.25) is 9.36 Å². The lowest BCUT2D eigenvalue weighted by Crippen LogP contribution is -2.39. The van der Waals surface area contributed by atoms with Crippen molar-refractivity contribution in [1.82, 2.24) is 18.7 Å².